The molecule has 0 spiro atoms. The number of benzene rings is 2. The van der Waals surface area contributed by atoms with E-state index in [-0.39, 0.29) is 5.75 Å². The summed E-state index contributed by atoms with van der Waals surface area (Å²) in [6.45, 7) is 3.40. The van der Waals surface area contributed by atoms with Crippen molar-refractivity contribution in [3.63, 3.8) is 0 Å². The van der Waals surface area contributed by atoms with Crippen LogP contribution in [-0.2, 0) is 19.5 Å². The van der Waals surface area contributed by atoms with E-state index in [4.69, 9.17) is 9.15 Å². The number of aryl methyl sites for hydroxylation is 1. The third kappa shape index (κ3) is 3.83. The van der Waals surface area contributed by atoms with Crippen LogP contribution in [0.1, 0.15) is 23.6 Å². The van der Waals surface area contributed by atoms with Gasteiger partial charge in [0.05, 0.1) is 7.11 Å². The molecule has 3 aromatic rings. The molecule has 0 atom stereocenters. The summed E-state index contributed by atoms with van der Waals surface area (Å²) < 4.78 is 10.5. The Morgan fingerprint density at radius 3 is 2.72 bits per heavy atom. The number of aromatic hydroxyl groups is 1. The van der Waals surface area contributed by atoms with Crippen LogP contribution in [0.15, 0.2) is 51.7 Å². The summed E-state index contributed by atoms with van der Waals surface area (Å²) in [5, 5.41) is 13.0. The highest BCUT2D eigenvalue weighted by Gasteiger charge is 2.11. The van der Waals surface area contributed by atoms with Gasteiger partial charge in [0.1, 0.15) is 30.2 Å². The number of nitrogens with two attached hydrogens (primary N) is 1. The van der Waals surface area contributed by atoms with Gasteiger partial charge in [0.2, 0.25) is 0 Å². The average Bonchev–Trinajstić information content (AvgIpc) is 2.61. The number of hydrogen-bond donors (Lipinski definition) is 2. The molecular weight excluding hydrogens is 318 g/mol. The molecule has 0 radical (unpaired) electrons. The predicted molar refractivity (Wildman–Crippen MR) is 95.9 cm³/mol. The molecule has 0 aliphatic heterocycles. The lowest BCUT2D eigenvalue weighted by Crippen LogP contribution is -2.80. The van der Waals surface area contributed by atoms with E-state index in [2.05, 4.69) is 5.32 Å². The minimum atomic E-state index is -0.402. The number of fused-ring (bicyclic) bond motifs is 1. The second-order valence-electron chi connectivity index (χ2n) is 5.97. The highest BCUT2D eigenvalue weighted by Crippen LogP contribution is 2.26. The number of methoxy groups -OCH3 is 1. The van der Waals surface area contributed by atoms with Gasteiger partial charge >= 0.3 is 5.63 Å². The number of rotatable bonds is 6. The van der Waals surface area contributed by atoms with Crippen LogP contribution in [0.3, 0.4) is 0 Å². The molecular formula is C20H22NO4+. The van der Waals surface area contributed by atoms with Gasteiger partial charge < -0.3 is 19.6 Å². The number of phenolic OH excluding ortho intramolecular Hbond substituents is 1. The molecule has 0 saturated carbocycles. The lowest BCUT2D eigenvalue weighted by atomic mass is 10.0. The van der Waals surface area contributed by atoms with Crippen molar-refractivity contribution < 1.29 is 19.6 Å². The van der Waals surface area contributed by atoms with Crippen molar-refractivity contribution >= 4 is 11.0 Å². The number of hydrogen-bond acceptors (Lipinski definition) is 4. The molecule has 1 heterocycles. The van der Waals surface area contributed by atoms with E-state index in [1.54, 1.807) is 7.11 Å². The first kappa shape index (κ1) is 17.0. The molecule has 0 saturated heterocycles. The molecule has 0 fully saturated rings. The van der Waals surface area contributed by atoms with E-state index in [0.29, 0.717) is 18.5 Å². The molecule has 0 aliphatic carbocycles. The van der Waals surface area contributed by atoms with Crippen LogP contribution in [0.25, 0.3) is 11.0 Å². The average molecular weight is 340 g/mol. The fourth-order valence-electron chi connectivity index (χ4n) is 2.95. The molecule has 5 heteroatoms. The lowest BCUT2D eigenvalue weighted by Gasteiger charge is -2.08. The monoisotopic (exact) mass is 340 g/mol. The molecule has 25 heavy (non-hydrogen) atoms. The molecule has 3 rings (SSSR count). The summed E-state index contributed by atoms with van der Waals surface area (Å²) >= 11 is 0. The summed E-state index contributed by atoms with van der Waals surface area (Å²) in [4.78, 5) is 11.8. The van der Waals surface area contributed by atoms with E-state index in [0.717, 1.165) is 34.4 Å². The minimum absolute atomic E-state index is 0.163. The van der Waals surface area contributed by atoms with Crippen LogP contribution in [0.2, 0.25) is 0 Å². The highest BCUT2D eigenvalue weighted by molar-refractivity contribution is 5.82. The number of quaternary nitrogens is 1. The Morgan fingerprint density at radius 1 is 1.12 bits per heavy atom. The molecule has 0 amide bonds. The van der Waals surface area contributed by atoms with Crippen LogP contribution in [0.5, 0.6) is 11.5 Å². The Bertz CT molecular complexity index is 946. The van der Waals surface area contributed by atoms with E-state index in [1.165, 1.54) is 12.1 Å². The van der Waals surface area contributed by atoms with E-state index < -0.39 is 5.63 Å². The largest absolute Gasteiger partial charge is 0.508 e. The Kier molecular flexibility index (Phi) is 5.05. The minimum Gasteiger partial charge on any atom is -0.508 e. The molecule has 3 N–H and O–H groups in total. The topological polar surface area (TPSA) is 76.3 Å². The third-order valence-electron chi connectivity index (χ3n) is 4.29. The van der Waals surface area contributed by atoms with E-state index >= 15 is 0 Å². The van der Waals surface area contributed by atoms with Crippen LogP contribution in [0.4, 0.5) is 0 Å². The predicted octanol–water partition coefficient (Wildman–Crippen LogP) is 2.33. The fourth-order valence-corrected chi connectivity index (χ4v) is 2.95. The molecule has 2 aromatic carbocycles. The molecule has 0 bridgehead atoms. The van der Waals surface area contributed by atoms with Crippen molar-refractivity contribution in [2.45, 2.75) is 26.4 Å². The van der Waals surface area contributed by atoms with Crippen LogP contribution in [0, 0.1) is 0 Å². The van der Waals surface area contributed by atoms with Crippen molar-refractivity contribution in [1.29, 1.82) is 0 Å². The Hall–Kier alpha value is -2.79. The number of ether oxygens (including phenoxy) is 1. The maximum absolute atomic E-state index is 11.8. The van der Waals surface area contributed by atoms with Gasteiger partial charge in [0.25, 0.3) is 0 Å². The van der Waals surface area contributed by atoms with Gasteiger partial charge in [0, 0.05) is 28.6 Å². The van der Waals surface area contributed by atoms with Gasteiger partial charge in [-0.1, -0.05) is 19.1 Å². The lowest BCUT2D eigenvalue weighted by molar-refractivity contribution is -0.686. The quantitative estimate of drug-likeness (QED) is 0.675. The van der Waals surface area contributed by atoms with Gasteiger partial charge in [-0.25, -0.2) is 4.79 Å². The van der Waals surface area contributed by atoms with Crippen LogP contribution >= 0.6 is 0 Å². The van der Waals surface area contributed by atoms with Gasteiger partial charge in [-0.2, -0.15) is 0 Å². The summed E-state index contributed by atoms with van der Waals surface area (Å²) in [6, 6.07) is 12.9. The SMILES string of the molecule is CCc1cc2c(C[NH2+]Cc3cccc(OC)c3)cc(=O)oc2cc1O. The molecule has 0 aliphatic rings. The Morgan fingerprint density at radius 2 is 1.96 bits per heavy atom. The molecule has 5 nitrogen and oxygen atoms in total. The normalized spacial score (nSPS) is 11.0. The zero-order valence-corrected chi connectivity index (χ0v) is 14.4. The standard InChI is InChI=1S/C20H21NO4/c1-3-14-8-17-15(9-20(23)25-19(17)10-18(14)22)12-21-11-13-5-4-6-16(7-13)24-2/h4-10,21-22H,3,11-12H2,1-2H3/p+1. The first-order chi connectivity index (χ1) is 12.1. The molecule has 130 valence electrons. The van der Waals surface area contributed by atoms with Gasteiger partial charge in [0.15, 0.2) is 0 Å². The van der Waals surface area contributed by atoms with Crippen molar-refractivity contribution in [3.8, 4) is 11.5 Å². The highest BCUT2D eigenvalue weighted by atomic mass is 16.5. The van der Waals surface area contributed by atoms with Crippen LogP contribution in [-0.4, -0.2) is 12.2 Å². The Labute approximate surface area is 145 Å². The van der Waals surface area contributed by atoms with Crippen molar-refractivity contribution in [3.05, 3.63) is 69.6 Å². The first-order valence-corrected chi connectivity index (χ1v) is 8.34. The smallest absolute Gasteiger partial charge is 0.336 e. The van der Waals surface area contributed by atoms with Gasteiger partial charge in [-0.15, -0.1) is 0 Å². The summed E-state index contributed by atoms with van der Waals surface area (Å²) in [5.74, 6) is 0.996. The van der Waals surface area contributed by atoms with E-state index in [9.17, 15) is 9.90 Å². The second-order valence-corrected chi connectivity index (χ2v) is 5.97. The van der Waals surface area contributed by atoms with Crippen molar-refractivity contribution in [1.82, 2.24) is 0 Å². The van der Waals surface area contributed by atoms with Crippen LogP contribution < -0.4 is 15.7 Å². The summed E-state index contributed by atoms with van der Waals surface area (Å²) in [7, 11) is 1.65. The zero-order valence-electron chi connectivity index (χ0n) is 14.4. The molecule has 1 aromatic heterocycles. The first-order valence-electron chi connectivity index (χ1n) is 8.34. The third-order valence-corrected chi connectivity index (χ3v) is 4.29. The number of phenols is 1. The Balaban J connectivity index is 1.84. The summed E-state index contributed by atoms with van der Waals surface area (Å²) in [5.41, 5.74) is 2.92. The fraction of sp³-hybridized carbons (Fsp3) is 0.250. The van der Waals surface area contributed by atoms with E-state index in [1.807, 2.05) is 37.3 Å². The van der Waals surface area contributed by atoms with Crippen molar-refractivity contribution in [2.24, 2.45) is 0 Å². The van der Waals surface area contributed by atoms with Gasteiger partial charge in [-0.3, -0.25) is 0 Å². The maximum atomic E-state index is 11.8. The van der Waals surface area contributed by atoms with Crippen molar-refractivity contribution in [2.75, 3.05) is 7.11 Å². The second kappa shape index (κ2) is 7.40. The molecule has 0 unspecified atom stereocenters. The summed E-state index contributed by atoms with van der Waals surface area (Å²) in [6.07, 6.45) is 0.716. The zero-order chi connectivity index (χ0) is 17.8. The maximum Gasteiger partial charge on any atom is 0.336 e. The van der Waals surface area contributed by atoms with Gasteiger partial charge in [-0.05, 0) is 30.2 Å².